The van der Waals surface area contributed by atoms with Gasteiger partial charge >= 0.3 is 18.1 Å². The van der Waals surface area contributed by atoms with E-state index in [1.165, 1.54) is 36.1 Å². The van der Waals surface area contributed by atoms with Gasteiger partial charge in [-0.15, -0.1) is 0 Å². The number of nitrogens with two attached hydrogens (primary N) is 1. The number of hydrogen-bond donors (Lipinski definition) is 3. The van der Waals surface area contributed by atoms with Gasteiger partial charge in [-0.25, -0.2) is 23.4 Å². The van der Waals surface area contributed by atoms with Crippen molar-refractivity contribution in [2.24, 2.45) is 11.8 Å². The number of carboxylic acid groups (broad SMARTS) is 2. The number of ether oxygens (including phenoxy) is 1. The van der Waals surface area contributed by atoms with Crippen molar-refractivity contribution in [3.05, 3.63) is 95.6 Å². The van der Waals surface area contributed by atoms with Crippen molar-refractivity contribution >= 4 is 44.1 Å². The summed E-state index contributed by atoms with van der Waals surface area (Å²) in [7, 11) is -2.46. The smallest absolute Gasteiger partial charge is 0.490 e. The third kappa shape index (κ3) is 8.26. The van der Waals surface area contributed by atoms with Crippen molar-refractivity contribution in [1.82, 2.24) is 9.88 Å². The number of sulfone groups is 1. The van der Waals surface area contributed by atoms with Crippen LogP contribution < -0.4 is 15.6 Å². The lowest BCUT2D eigenvalue weighted by Gasteiger charge is -2.36. The summed E-state index contributed by atoms with van der Waals surface area (Å²) in [5.41, 5.74) is 1.23. The number of amides is 1. The number of benzene rings is 3. The van der Waals surface area contributed by atoms with E-state index in [0.717, 1.165) is 10.8 Å². The van der Waals surface area contributed by atoms with Crippen LogP contribution in [0, 0.1) is 11.7 Å². The predicted molar refractivity (Wildman–Crippen MR) is 182 cm³/mol. The van der Waals surface area contributed by atoms with Gasteiger partial charge in [0.15, 0.2) is 27.4 Å². The molecule has 1 fully saturated rings. The highest BCUT2D eigenvalue weighted by molar-refractivity contribution is 7.91. The number of likely N-dealkylation sites (tertiary alicyclic amines) is 1. The lowest BCUT2D eigenvalue weighted by atomic mass is 9.92. The Bertz CT molecular complexity index is 2080. The molecule has 0 radical (unpaired) electrons. The second-order valence-corrected chi connectivity index (χ2v) is 14.0. The number of nitrogens with zero attached hydrogens (tertiary/aromatic N) is 3. The molecule has 2 heterocycles. The van der Waals surface area contributed by atoms with Gasteiger partial charge in [0.1, 0.15) is 0 Å². The third-order valence-electron chi connectivity index (χ3n) is 8.68. The maximum absolute atomic E-state index is 16.1. The van der Waals surface area contributed by atoms with Crippen LogP contribution in [0.15, 0.2) is 78.0 Å². The van der Waals surface area contributed by atoms with Crippen LogP contribution in [0.25, 0.3) is 10.8 Å². The van der Waals surface area contributed by atoms with E-state index in [2.05, 4.69) is 4.98 Å². The first-order valence-corrected chi connectivity index (χ1v) is 17.5. The van der Waals surface area contributed by atoms with E-state index in [9.17, 15) is 36.3 Å². The highest BCUT2D eigenvalue weighted by atomic mass is 32.2. The monoisotopic (exact) mass is 748 g/mol. The Balaban J connectivity index is 0.000000785. The molecule has 3 aromatic carbocycles. The maximum atomic E-state index is 16.1. The molecule has 1 amide bonds. The second-order valence-electron chi connectivity index (χ2n) is 11.7. The Labute approximate surface area is 296 Å². The average Bonchev–Trinajstić information content (AvgIpc) is 3.57. The first kappa shape index (κ1) is 39.5. The Hall–Kier alpha value is -5.29. The number of hydrazine groups is 1. The van der Waals surface area contributed by atoms with Gasteiger partial charge in [0.25, 0.3) is 5.91 Å². The molecule has 1 aromatic heterocycles. The molecule has 2 unspecified atom stereocenters. The fourth-order valence-electron chi connectivity index (χ4n) is 6.02. The molecular formula is C35H36F4N4O8S. The molecule has 17 heteroatoms. The number of hydrogen-bond acceptors (Lipinski definition) is 9. The van der Waals surface area contributed by atoms with Crippen molar-refractivity contribution < 1.29 is 55.3 Å². The third-order valence-corrected chi connectivity index (χ3v) is 10.5. The summed E-state index contributed by atoms with van der Waals surface area (Å²) < 4.78 is 79.5. The van der Waals surface area contributed by atoms with E-state index >= 15 is 4.39 Å². The number of aromatic nitrogens is 1. The fourth-order valence-corrected chi connectivity index (χ4v) is 7.16. The lowest BCUT2D eigenvalue weighted by Crippen LogP contribution is -2.47. The highest BCUT2D eigenvalue weighted by Gasteiger charge is 2.47. The summed E-state index contributed by atoms with van der Waals surface area (Å²) in [6, 6.07) is 13.6. The molecule has 4 N–H and O–H groups in total. The molecule has 4 aromatic rings. The SMILES string of the molecule is CCc1cc(OC)c(F)c([C@@H](C(=O)N2CCC(C(=O)O)C2c2ccccc2S(=O)(=O)CC)N(N)c2ccc3cnccc3c2)c1.O=C(O)C(F)(F)F. The maximum Gasteiger partial charge on any atom is 0.490 e. The van der Waals surface area contributed by atoms with Gasteiger partial charge in [0.05, 0.1) is 35.4 Å². The highest BCUT2D eigenvalue weighted by Crippen LogP contribution is 2.43. The molecule has 52 heavy (non-hydrogen) atoms. The molecule has 1 aliphatic heterocycles. The molecule has 1 aliphatic rings. The predicted octanol–water partition coefficient (Wildman–Crippen LogP) is 5.47. The first-order valence-electron chi connectivity index (χ1n) is 15.9. The van der Waals surface area contributed by atoms with E-state index in [0.29, 0.717) is 17.7 Å². The van der Waals surface area contributed by atoms with Crippen LogP contribution in [0.1, 0.15) is 49.0 Å². The van der Waals surface area contributed by atoms with Crippen molar-refractivity contribution in [2.75, 3.05) is 24.4 Å². The molecule has 0 saturated carbocycles. The van der Waals surface area contributed by atoms with E-state index in [4.69, 9.17) is 20.5 Å². The van der Waals surface area contributed by atoms with Crippen LogP contribution >= 0.6 is 0 Å². The fraction of sp³-hybridized carbons (Fsp3) is 0.314. The second kappa shape index (κ2) is 15.9. The van der Waals surface area contributed by atoms with Crippen LogP contribution in [0.2, 0.25) is 0 Å². The summed E-state index contributed by atoms with van der Waals surface area (Å²) in [6.07, 6.45) is -1.21. The number of carbonyl (C=O) groups is 3. The van der Waals surface area contributed by atoms with Gasteiger partial charge in [0, 0.05) is 29.9 Å². The van der Waals surface area contributed by atoms with E-state index in [1.807, 2.05) is 6.92 Å². The Morgan fingerprint density at radius 1 is 1.06 bits per heavy atom. The minimum atomic E-state index is -5.08. The van der Waals surface area contributed by atoms with Crippen LogP contribution in [-0.2, 0) is 30.6 Å². The Kier molecular flexibility index (Phi) is 12.1. The minimum Gasteiger partial charge on any atom is -0.494 e. The van der Waals surface area contributed by atoms with Gasteiger partial charge in [-0.1, -0.05) is 38.1 Å². The normalized spacial score (nSPS) is 16.5. The average molecular weight is 749 g/mol. The van der Waals surface area contributed by atoms with Crippen molar-refractivity contribution in [3.8, 4) is 5.75 Å². The Morgan fingerprint density at radius 2 is 1.73 bits per heavy atom. The van der Waals surface area contributed by atoms with Crippen molar-refractivity contribution in [3.63, 3.8) is 0 Å². The molecule has 0 bridgehead atoms. The van der Waals surface area contributed by atoms with Crippen LogP contribution in [-0.4, -0.2) is 71.9 Å². The number of carboxylic acids is 2. The number of rotatable bonds is 10. The molecule has 278 valence electrons. The molecule has 0 aliphatic carbocycles. The number of aryl methyl sites for hydroxylation is 1. The standard InChI is InChI=1S/C33H35FN4O6S.C2HF3O2/c1-4-20-16-26(29(34)27(17-20)44-3)31(38(35)23-11-10-22-19-36-14-12-21(22)18-23)32(39)37-15-13-25(33(40)41)30(37)24-8-6-7-9-28(24)45(42,43)5-2;3-2(4,5)1(6)7/h6-12,14,16-19,25,30-31H,4-5,13,15,35H2,1-3H3,(H,40,41);(H,6,7)/t25?,30?,31-;/m0./s1. The van der Waals surface area contributed by atoms with Gasteiger partial charge in [0.2, 0.25) is 0 Å². The molecule has 3 atom stereocenters. The number of aliphatic carboxylic acids is 2. The lowest BCUT2D eigenvalue weighted by molar-refractivity contribution is -0.192. The quantitative estimate of drug-likeness (QED) is 0.106. The van der Waals surface area contributed by atoms with Gasteiger partial charge in [-0.05, 0) is 65.8 Å². The van der Waals surface area contributed by atoms with Crippen molar-refractivity contribution in [2.45, 2.75) is 49.8 Å². The molecule has 12 nitrogen and oxygen atoms in total. The largest absolute Gasteiger partial charge is 0.494 e. The topological polar surface area (TPSA) is 180 Å². The summed E-state index contributed by atoms with van der Waals surface area (Å²) in [4.78, 5) is 41.6. The minimum absolute atomic E-state index is 0.0130. The van der Waals surface area contributed by atoms with E-state index in [1.54, 1.807) is 60.9 Å². The number of pyridine rings is 1. The van der Waals surface area contributed by atoms with E-state index in [-0.39, 0.29) is 40.5 Å². The summed E-state index contributed by atoms with van der Waals surface area (Å²) in [5.74, 6) is -0.0577. The Morgan fingerprint density at radius 3 is 2.33 bits per heavy atom. The summed E-state index contributed by atoms with van der Waals surface area (Å²) in [5, 5.41) is 20.1. The van der Waals surface area contributed by atoms with E-state index < -0.39 is 57.7 Å². The number of anilines is 1. The number of methoxy groups -OCH3 is 1. The van der Waals surface area contributed by atoms with Gasteiger partial charge in [-0.2, -0.15) is 13.2 Å². The van der Waals surface area contributed by atoms with Crippen molar-refractivity contribution in [1.29, 1.82) is 0 Å². The molecule has 0 spiro atoms. The zero-order valence-corrected chi connectivity index (χ0v) is 29.0. The summed E-state index contributed by atoms with van der Waals surface area (Å²) in [6.45, 7) is 3.36. The van der Waals surface area contributed by atoms with Crippen LogP contribution in [0.5, 0.6) is 5.75 Å². The van der Waals surface area contributed by atoms with Gasteiger partial charge in [-0.3, -0.25) is 19.6 Å². The molecule has 5 rings (SSSR count). The number of halogens is 4. The zero-order valence-electron chi connectivity index (χ0n) is 28.2. The number of alkyl halides is 3. The number of carbonyl (C=O) groups excluding carboxylic acids is 1. The van der Waals surface area contributed by atoms with Gasteiger partial charge < -0.3 is 19.8 Å². The summed E-state index contributed by atoms with van der Waals surface area (Å²) >= 11 is 0. The molecule has 1 saturated heterocycles. The molecular weight excluding hydrogens is 712 g/mol. The van der Waals surface area contributed by atoms with Crippen LogP contribution in [0.4, 0.5) is 23.2 Å². The first-order chi connectivity index (χ1) is 24.5. The number of fused-ring (bicyclic) bond motifs is 1. The zero-order chi connectivity index (χ0) is 38.5. The van der Waals surface area contributed by atoms with Crippen LogP contribution in [0.3, 0.4) is 0 Å².